The molecule has 0 aromatic rings. The van der Waals surface area contributed by atoms with Crippen molar-refractivity contribution in [3.8, 4) is 0 Å². The molecule has 0 aromatic carbocycles. The Bertz CT molecular complexity index is 143. The summed E-state index contributed by atoms with van der Waals surface area (Å²) in [6.07, 6.45) is -6.84. The molecule has 0 aromatic heterocycles. The summed E-state index contributed by atoms with van der Waals surface area (Å²) < 4.78 is 0. The number of rotatable bonds is 5. The van der Waals surface area contributed by atoms with E-state index in [-0.39, 0.29) is 26.4 Å². The molecular weight excluding hydrogens is 360 g/mol. The summed E-state index contributed by atoms with van der Waals surface area (Å²) in [4.78, 5) is 9.90. The molecule has 0 heterocycles. The molecule has 0 rings (SSSR count). The van der Waals surface area contributed by atoms with Crippen molar-refractivity contribution in [2.75, 3.05) is 6.61 Å². The molecule has 0 bridgehead atoms. The minimum absolute atomic E-state index is 0. The van der Waals surface area contributed by atoms with Crippen molar-refractivity contribution in [3.63, 3.8) is 0 Å². The molecule has 5 N–H and O–H groups in total. The Morgan fingerprint density at radius 1 is 1.08 bits per heavy atom. The van der Waals surface area contributed by atoms with Crippen molar-refractivity contribution in [1.82, 2.24) is 0 Å². The van der Waals surface area contributed by atoms with Crippen LogP contribution in [0.5, 0.6) is 0 Å². The largest absolute Gasteiger partial charge is 0.394 e. The van der Waals surface area contributed by atoms with E-state index in [9.17, 15) is 4.79 Å². The minimum atomic E-state index is -1.79. The molecule has 0 amide bonds. The van der Waals surface area contributed by atoms with Crippen molar-refractivity contribution in [2.45, 2.75) is 24.4 Å². The first-order valence-electron chi connectivity index (χ1n) is 3.33. The zero-order valence-corrected chi connectivity index (χ0v) is 8.97. The SMILES string of the molecule is O=C[C@H](O)[C@@H](O)[C@H](O)[C@H](O)CO.[Ir]. The van der Waals surface area contributed by atoms with Gasteiger partial charge < -0.3 is 30.3 Å². The third kappa shape index (κ3) is 4.78. The van der Waals surface area contributed by atoms with Crippen LogP contribution < -0.4 is 0 Å². The van der Waals surface area contributed by atoms with E-state index >= 15 is 0 Å². The maximum atomic E-state index is 9.90. The van der Waals surface area contributed by atoms with Gasteiger partial charge in [0.1, 0.15) is 24.4 Å². The Kier molecular flexibility index (Phi) is 9.01. The van der Waals surface area contributed by atoms with E-state index in [1.807, 2.05) is 0 Å². The van der Waals surface area contributed by atoms with Gasteiger partial charge in [0.25, 0.3) is 0 Å². The van der Waals surface area contributed by atoms with Crippen LogP contribution in [-0.2, 0) is 24.9 Å². The summed E-state index contributed by atoms with van der Waals surface area (Å²) in [5.41, 5.74) is 0. The van der Waals surface area contributed by atoms with Gasteiger partial charge >= 0.3 is 0 Å². The van der Waals surface area contributed by atoms with Crippen LogP contribution in [0.2, 0.25) is 0 Å². The fourth-order valence-electron chi connectivity index (χ4n) is 0.618. The number of hydrogen-bond acceptors (Lipinski definition) is 6. The van der Waals surface area contributed by atoms with Crippen LogP contribution in [0.4, 0.5) is 0 Å². The number of carbonyl (C=O) groups excluding carboxylic acids is 1. The van der Waals surface area contributed by atoms with Gasteiger partial charge in [0.2, 0.25) is 0 Å². The summed E-state index contributed by atoms with van der Waals surface area (Å²) in [6.45, 7) is -0.760. The first-order valence-corrected chi connectivity index (χ1v) is 3.33. The first-order chi connectivity index (χ1) is 5.54. The molecule has 0 fully saturated rings. The fourth-order valence-corrected chi connectivity index (χ4v) is 0.618. The molecule has 6 nitrogen and oxygen atoms in total. The van der Waals surface area contributed by atoms with E-state index in [0.717, 1.165) is 0 Å². The Morgan fingerprint density at radius 3 is 1.85 bits per heavy atom. The second-order valence-corrected chi connectivity index (χ2v) is 2.36. The van der Waals surface area contributed by atoms with Crippen molar-refractivity contribution < 1.29 is 50.4 Å². The minimum Gasteiger partial charge on any atom is -0.394 e. The Labute approximate surface area is 88.2 Å². The molecule has 81 valence electrons. The predicted molar refractivity (Wildman–Crippen MR) is 37.2 cm³/mol. The van der Waals surface area contributed by atoms with Crippen LogP contribution in [0.15, 0.2) is 0 Å². The van der Waals surface area contributed by atoms with Gasteiger partial charge in [0, 0.05) is 20.1 Å². The first kappa shape index (κ1) is 15.6. The standard InChI is InChI=1S/C6H12O6.Ir/c7-1-3(9)5(11)6(12)4(10)2-8;/h1,3-6,8-12H,2H2;/t3-,4+,5+,6+;/m0./s1. The maximum Gasteiger partial charge on any atom is 0.151 e. The van der Waals surface area contributed by atoms with Crippen LogP contribution in [-0.4, -0.2) is 62.8 Å². The molecular formula is C6H12IrO6. The molecule has 4 atom stereocenters. The van der Waals surface area contributed by atoms with E-state index in [1.165, 1.54) is 0 Å². The zero-order chi connectivity index (χ0) is 9.72. The van der Waals surface area contributed by atoms with Gasteiger partial charge in [0.15, 0.2) is 6.29 Å². The number of hydrogen-bond donors (Lipinski definition) is 5. The van der Waals surface area contributed by atoms with E-state index in [1.54, 1.807) is 0 Å². The summed E-state index contributed by atoms with van der Waals surface area (Å²) in [5.74, 6) is 0. The predicted octanol–water partition coefficient (Wildman–Crippen LogP) is -3.38. The van der Waals surface area contributed by atoms with Crippen LogP contribution in [0.1, 0.15) is 0 Å². The van der Waals surface area contributed by atoms with Gasteiger partial charge in [-0.15, -0.1) is 0 Å². The van der Waals surface area contributed by atoms with E-state index in [2.05, 4.69) is 0 Å². The molecule has 0 aliphatic rings. The molecule has 13 heavy (non-hydrogen) atoms. The number of aliphatic hydroxyl groups excluding tert-OH is 5. The van der Waals surface area contributed by atoms with Gasteiger partial charge in [-0.3, -0.25) is 0 Å². The van der Waals surface area contributed by atoms with Crippen LogP contribution in [0.3, 0.4) is 0 Å². The molecule has 0 aliphatic carbocycles. The van der Waals surface area contributed by atoms with Crippen molar-refractivity contribution in [2.24, 2.45) is 0 Å². The second-order valence-electron chi connectivity index (χ2n) is 2.36. The van der Waals surface area contributed by atoms with Gasteiger partial charge in [-0.25, -0.2) is 0 Å². The fraction of sp³-hybridized carbons (Fsp3) is 0.833. The average molecular weight is 372 g/mol. The average Bonchev–Trinajstić information content (AvgIpc) is 2.12. The Hall–Kier alpha value is 0.119. The van der Waals surface area contributed by atoms with Crippen LogP contribution >= 0.6 is 0 Å². The summed E-state index contributed by atoms with van der Waals surface area (Å²) in [6, 6.07) is 0. The molecule has 0 unspecified atom stereocenters. The second kappa shape index (κ2) is 7.52. The third-order valence-corrected chi connectivity index (χ3v) is 1.42. The zero-order valence-electron chi connectivity index (χ0n) is 6.57. The third-order valence-electron chi connectivity index (χ3n) is 1.42. The quantitative estimate of drug-likeness (QED) is 0.322. The number of aliphatic hydroxyl groups is 5. The molecule has 0 spiro atoms. The van der Waals surface area contributed by atoms with E-state index < -0.39 is 31.0 Å². The topological polar surface area (TPSA) is 118 Å². The van der Waals surface area contributed by atoms with Crippen molar-refractivity contribution in [1.29, 1.82) is 0 Å². The van der Waals surface area contributed by atoms with E-state index in [4.69, 9.17) is 25.5 Å². The van der Waals surface area contributed by atoms with Crippen molar-refractivity contribution >= 4 is 6.29 Å². The molecule has 0 aliphatic heterocycles. The molecule has 1 radical (unpaired) electrons. The number of carbonyl (C=O) groups is 1. The van der Waals surface area contributed by atoms with Gasteiger partial charge in [-0.05, 0) is 0 Å². The monoisotopic (exact) mass is 373 g/mol. The smallest absolute Gasteiger partial charge is 0.151 e. The summed E-state index contributed by atoms with van der Waals surface area (Å²) in [7, 11) is 0. The Balaban J connectivity index is 0. The van der Waals surface area contributed by atoms with Crippen LogP contribution in [0.25, 0.3) is 0 Å². The molecule has 0 saturated heterocycles. The van der Waals surface area contributed by atoms with Crippen molar-refractivity contribution in [3.05, 3.63) is 0 Å². The Morgan fingerprint density at radius 2 is 1.54 bits per heavy atom. The van der Waals surface area contributed by atoms with Gasteiger partial charge in [0.05, 0.1) is 6.61 Å². The van der Waals surface area contributed by atoms with E-state index in [0.29, 0.717) is 0 Å². The van der Waals surface area contributed by atoms with Crippen LogP contribution in [0, 0.1) is 0 Å². The normalized spacial score (nSPS) is 19.5. The molecule has 7 heteroatoms. The summed E-state index contributed by atoms with van der Waals surface area (Å²) in [5, 5.41) is 43.5. The van der Waals surface area contributed by atoms with Gasteiger partial charge in [-0.1, -0.05) is 0 Å². The number of aldehydes is 1. The summed E-state index contributed by atoms with van der Waals surface area (Å²) >= 11 is 0. The van der Waals surface area contributed by atoms with Gasteiger partial charge in [-0.2, -0.15) is 0 Å². The maximum absolute atomic E-state index is 9.90. The molecule has 0 saturated carbocycles.